The Morgan fingerprint density at radius 1 is 1.55 bits per heavy atom. The second-order valence-corrected chi connectivity index (χ2v) is 2.30. The molecule has 2 rings (SSSR count). The average molecular weight is 153 g/mol. The molecule has 1 aliphatic heterocycles. The van der Waals surface area contributed by atoms with Crippen LogP contribution in [-0.2, 0) is 11.3 Å². The number of aromatic nitrogens is 1. The van der Waals surface area contributed by atoms with E-state index < -0.39 is 0 Å². The predicted molar refractivity (Wildman–Crippen MR) is 35.7 cm³/mol. The molecule has 0 radical (unpaired) electrons. The molecule has 4 heteroatoms. The Kier molecular flexibility index (Phi) is 1.40. The molecular formula is C7H7NO3. The molecule has 0 N–H and O–H groups in total. The van der Waals surface area contributed by atoms with Gasteiger partial charge in [0.1, 0.15) is 0 Å². The van der Waals surface area contributed by atoms with Gasteiger partial charge in [0.05, 0.1) is 6.61 Å². The fourth-order valence-electron chi connectivity index (χ4n) is 0.993. The third kappa shape index (κ3) is 1.12. The van der Waals surface area contributed by atoms with Crippen molar-refractivity contribution in [2.45, 2.75) is 6.61 Å². The van der Waals surface area contributed by atoms with Gasteiger partial charge < -0.3 is 14.7 Å². The van der Waals surface area contributed by atoms with Crippen LogP contribution >= 0.6 is 0 Å². The first-order chi connectivity index (χ1) is 5.36. The quantitative estimate of drug-likeness (QED) is 0.394. The number of pyridine rings is 1. The second kappa shape index (κ2) is 2.39. The van der Waals surface area contributed by atoms with E-state index in [9.17, 15) is 5.21 Å². The van der Waals surface area contributed by atoms with Crippen LogP contribution < -0.4 is 9.47 Å². The highest BCUT2D eigenvalue weighted by atomic mass is 16.7. The molecular weight excluding hydrogens is 146 g/mol. The molecule has 0 aliphatic carbocycles. The van der Waals surface area contributed by atoms with Gasteiger partial charge in [0, 0.05) is 11.6 Å². The van der Waals surface area contributed by atoms with Gasteiger partial charge in [0.25, 0.3) is 0 Å². The molecule has 0 aromatic carbocycles. The van der Waals surface area contributed by atoms with E-state index in [1.54, 1.807) is 6.07 Å². The number of hydrogen-bond acceptors (Lipinski definition) is 3. The van der Waals surface area contributed by atoms with Crippen molar-refractivity contribution < 1.29 is 14.2 Å². The summed E-state index contributed by atoms with van der Waals surface area (Å²) >= 11 is 0. The average Bonchev–Trinajstić information content (AvgIpc) is 2.04. The van der Waals surface area contributed by atoms with Gasteiger partial charge in [0.2, 0.25) is 6.20 Å². The number of rotatable bonds is 0. The molecule has 0 unspecified atom stereocenters. The Balaban J connectivity index is 2.43. The summed E-state index contributed by atoms with van der Waals surface area (Å²) in [5, 5.41) is 10.7. The van der Waals surface area contributed by atoms with Crippen molar-refractivity contribution in [2.75, 3.05) is 6.79 Å². The van der Waals surface area contributed by atoms with Crippen LogP contribution in [0, 0.1) is 5.21 Å². The Labute approximate surface area is 63.6 Å². The van der Waals surface area contributed by atoms with E-state index in [-0.39, 0.29) is 6.79 Å². The molecule has 2 heterocycles. The minimum atomic E-state index is 0.233. The fraction of sp³-hybridized carbons (Fsp3) is 0.286. The van der Waals surface area contributed by atoms with Crippen LogP contribution in [0.5, 0.6) is 5.75 Å². The van der Waals surface area contributed by atoms with Crippen molar-refractivity contribution in [2.24, 2.45) is 0 Å². The summed E-state index contributed by atoms with van der Waals surface area (Å²) in [6, 6.07) is 1.70. The smallest absolute Gasteiger partial charge is 0.222 e. The fourth-order valence-corrected chi connectivity index (χ4v) is 0.993. The molecule has 0 saturated carbocycles. The molecule has 0 amide bonds. The van der Waals surface area contributed by atoms with Crippen molar-refractivity contribution in [1.82, 2.24) is 0 Å². The van der Waals surface area contributed by atoms with Crippen molar-refractivity contribution >= 4 is 0 Å². The Hall–Kier alpha value is -1.29. The lowest BCUT2D eigenvalue weighted by molar-refractivity contribution is -0.606. The predicted octanol–water partition coefficient (Wildman–Crippen LogP) is 0.187. The first-order valence-electron chi connectivity index (χ1n) is 3.28. The summed E-state index contributed by atoms with van der Waals surface area (Å²) in [5.74, 6) is 0.619. The van der Waals surface area contributed by atoms with E-state index in [0.717, 1.165) is 5.56 Å². The molecule has 0 fully saturated rings. The Morgan fingerprint density at radius 2 is 2.45 bits per heavy atom. The van der Waals surface area contributed by atoms with Gasteiger partial charge in [-0.15, -0.1) is 0 Å². The third-order valence-corrected chi connectivity index (χ3v) is 1.54. The summed E-state index contributed by atoms with van der Waals surface area (Å²) in [7, 11) is 0. The maximum atomic E-state index is 10.7. The van der Waals surface area contributed by atoms with Crippen molar-refractivity contribution in [3.63, 3.8) is 0 Å². The van der Waals surface area contributed by atoms with Crippen molar-refractivity contribution in [1.29, 1.82) is 0 Å². The number of hydrogen-bond donors (Lipinski definition) is 0. The van der Waals surface area contributed by atoms with Gasteiger partial charge in [-0.05, 0) is 0 Å². The van der Waals surface area contributed by atoms with E-state index in [1.165, 1.54) is 12.4 Å². The van der Waals surface area contributed by atoms with E-state index >= 15 is 0 Å². The molecule has 1 aromatic heterocycles. The lowest BCUT2D eigenvalue weighted by Gasteiger charge is -2.15. The van der Waals surface area contributed by atoms with Crippen LogP contribution in [-0.4, -0.2) is 6.79 Å². The SMILES string of the molecule is [O-][n+]1ccc2c(c1)OCOC2. The second-order valence-electron chi connectivity index (χ2n) is 2.30. The van der Waals surface area contributed by atoms with Crippen LogP contribution in [0.15, 0.2) is 18.5 Å². The number of fused-ring (bicyclic) bond motifs is 1. The number of ether oxygens (including phenoxy) is 2. The lowest BCUT2D eigenvalue weighted by Crippen LogP contribution is -2.26. The summed E-state index contributed by atoms with van der Waals surface area (Å²) in [6.07, 6.45) is 2.83. The molecule has 1 aliphatic rings. The van der Waals surface area contributed by atoms with Gasteiger partial charge in [0.15, 0.2) is 18.7 Å². The zero-order chi connectivity index (χ0) is 7.68. The number of nitrogens with zero attached hydrogens (tertiary/aromatic N) is 1. The van der Waals surface area contributed by atoms with Crippen LogP contribution in [0.25, 0.3) is 0 Å². The Bertz CT molecular complexity index is 274. The molecule has 1 aromatic rings. The van der Waals surface area contributed by atoms with E-state index in [1.807, 2.05) is 0 Å². The molecule has 11 heavy (non-hydrogen) atoms. The molecule has 58 valence electrons. The van der Waals surface area contributed by atoms with Crippen LogP contribution in [0.4, 0.5) is 0 Å². The highest BCUT2D eigenvalue weighted by Crippen LogP contribution is 2.19. The van der Waals surface area contributed by atoms with Gasteiger partial charge in [-0.3, -0.25) is 0 Å². The lowest BCUT2D eigenvalue weighted by atomic mass is 10.2. The summed E-state index contributed by atoms with van der Waals surface area (Å²) in [4.78, 5) is 0. The van der Waals surface area contributed by atoms with Crippen molar-refractivity contribution in [3.05, 3.63) is 29.2 Å². The van der Waals surface area contributed by atoms with Gasteiger partial charge >= 0.3 is 0 Å². The van der Waals surface area contributed by atoms with Gasteiger partial charge in [-0.2, -0.15) is 4.73 Å². The first kappa shape index (κ1) is 6.42. The summed E-state index contributed by atoms with van der Waals surface area (Å²) < 4.78 is 10.8. The van der Waals surface area contributed by atoms with E-state index in [2.05, 4.69) is 0 Å². The Morgan fingerprint density at radius 3 is 3.36 bits per heavy atom. The monoisotopic (exact) mass is 153 g/mol. The largest absolute Gasteiger partial charge is 0.619 e. The maximum absolute atomic E-state index is 10.7. The van der Waals surface area contributed by atoms with Crippen LogP contribution in [0.3, 0.4) is 0 Å². The van der Waals surface area contributed by atoms with Gasteiger partial charge in [-0.1, -0.05) is 0 Å². The minimum Gasteiger partial charge on any atom is -0.619 e. The standard InChI is InChI=1S/C7H7NO3/c9-8-2-1-6-4-10-5-11-7(6)3-8/h1-3H,4-5H2. The minimum absolute atomic E-state index is 0.233. The topological polar surface area (TPSA) is 45.4 Å². The zero-order valence-electron chi connectivity index (χ0n) is 5.82. The van der Waals surface area contributed by atoms with Crippen LogP contribution in [0.2, 0.25) is 0 Å². The van der Waals surface area contributed by atoms with Gasteiger partial charge in [-0.25, -0.2) is 0 Å². The molecule has 0 spiro atoms. The maximum Gasteiger partial charge on any atom is 0.222 e. The van der Waals surface area contributed by atoms with Crippen LogP contribution in [0.1, 0.15) is 5.56 Å². The molecule has 4 nitrogen and oxygen atoms in total. The molecule has 0 atom stereocenters. The molecule has 0 bridgehead atoms. The normalized spacial score (nSPS) is 15.3. The van der Waals surface area contributed by atoms with Crippen molar-refractivity contribution in [3.8, 4) is 5.75 Å². The third-order valence-electron chi connectivity index (χ3n) is 1.54. The summed E-state index contributed by atoms with van der Waals surface area (Å²) in [5.41, 5.74) is 0.920. The zero-order valence-corrected chi connectivity index (χ0v) is 5.82. The van der Waals surface area contributed by atoms with E-state index in [0.29, 0.717) is 17.1 Å². The highest BCUT2D eigenvalue weighted by Gasteiger charge is 2.12. The van der Waals surface area contributed by atoms with E-state index in [4.69, 9.17) is 9.47 Å². The highest BCUT2D eigenvalue weighted by molar-refractivity contribution is 5.27. The summed E-state index contributed by atoms with van der Waals surface area (Å²) in [6.45, 7) is 0.757. The molecule has 0 saturated heterocycles. The first-order valence-corrected chi connectivity index (χ1v) is 3.28.